The number of nitrogens with zero attached hydrogens (tertiary/aromatic N) is 2. The average Bonchev–Trinajstić information content (AvgIpc) is 3.34. The van der Waals surface area contributed by atoms with Gasteiger partial charge >= 0.3 is 6.18 Å². The largest absolute Gasteiger partial charge is 0.416 e. The molecular weight excluding hydrogens is 439 g/mol. The number of hydrogen-bond donors (Lipinski definition) is 1. The Bertz CT molecular complexity index is 1370. The lowest BCUT2D eigenvalue weighted by molar-refractivity contribution is -0.137. The molecule has 3 aromatic rings. The van der Waals surface area contributed by atoms with E-state index in [1.165, 1.54) is 4.31 Å². The van der Waals surface area contributed by atoms with Crippen LogP contribution in [0.3, 0.4) is 0 Å². The summed E-state index contributed by atoms with van der Waals surface area (Å²) in [6.45, 7) is 0. The molecule has 164 valence electrons. The molecule has 1 saturated heterocycles. The summed E-state index contributed by atoms with van der Waals surface area (Å²) in [5.74, 6) is -0.155. The number of rotatable bonds is 2. The summed E-state index contributed by atoms with van der Waals surface area (Å²) in [5.41, 5.74) is 4.14. The molecule has 0 spiro atoms. The van der Waals surface area contributed by atoms with Gasteiger partial charge in [-0.3, -0.25) is 0 Å². The first-order chi connectivity index (χ1) is 15.3. The van der Waals surface area contributed by atoms with E-state index in [2.05, 4.69) is 10.5 Å². The molecule has 0 aliphatic carbocycles. The fourth-order valence-electron chi connectivity index (χ4n) is 5.42. The van der Waals surface area contributed by atoms with Gasteiger partial charge < -0.3 is 5.43 Å². The Hall–Kier alpha value is -2.91. The minimum Gasteiger partial charge on any atom is -0.307 e. The predicted octanol–water partition coefficient (Wildman–Crippen LogP) is 4.62. The minimum atomic E-state index is -4.53. The van der Waals surface area contributed by atoms with Crippen LogP contribution >= 0.6 is 0 Å². The lowest BCUT2D eigenvalue weighted by atomic mass is 9.87. The van der Waals surface area contributed by atoms with E-state index in [0.717, 1.165) is 46.2 Å². The second-order valence-corrected chi connectivity index (χ2v) is 10.3. The van der Waals surface area contributed by atoms with Crippen molar-refractivity contribution in [1.82, 2.24) is 9.73 Å². The number of halogens is 3. The maximum Gasteiger partial charge on any atom is 0.416 e. The zero-order valence-electron chi connectivity index (χ0n) is 16.6. The number of fused-ring (bicyclic) bond motifs is 9. The van der Waals surface area contributed by atoms with Gasteiger partial charge in [0.25, 0.3) is 0 Å². The minimum absolute atomic E-state index is 0.00946. The van der Waals surface area contributed by atoms with Crippen molar-refractivity contribution in [2.75, 3.05) is 0 Å². The van der Waals surface area contributed by atoms with E-state index in [1.54, 1.807) is 6.21 Å². The topological polar surface area (TPSA) is 61.8 Å². The molecule has 0 saturated carbocycles. The third-order valence-electron chi connectivity index (χ3n) is 6.79. The van der Waals surface area contributed by atoms with Crippen molar-refractivity contribution in [3.05, 3.63) is 77.4 Å². The van der Waals surface area contributed by atoms with E-state index >= 15 is 0 Å². The highest BCUT2D eigenvalue weighted by atomic mass is 32.2. The predicted molar refractivity (Wildman–Crippen MR) is 113 cm³/mol. The van der Waals surface area contributed by atoms with Crippen LogP contribution in [-0.2, 0) is 16.2 Å². The Morgan fingerprint density at radius 1 is 1.00 bits per heavy atom. The van der Waals surface area contributed by atoms with E-state index in [0.29, 0.717) is 6.42 Å². The van der Waals surface area contributed by atoms with Gasteiger partial charge in [-0.15, -0.1) is 0 Å². The summed E-state index contributed by atoms with van der Waals surface area (Å²) in [5, 5.41) is 6.22. The van der Waals surface area contributed by atoms with Crippen LogP contribution in [0, 0.1) is 5.92 Å². The lowest BCUT2D eigenvalue weighted by Gasteiger charge is -2.40. The summed E-state index contributed by atoms with van der Waals surface area (Å²) >= 11 is 0. The Morgan fingerprint density at radius 3 is 2.50 bits per heavy atom. The maximum absolute atomic E-state index is 13.8. The third-order valence-corrected chi connectivity index (χ3v) is 8.69. The summed E-state index contributed by atoms with van der Waals surface area (Å²) in [7, 11) is -4.06. The van der Waals surface area contributed by atoms with Gasteiger partial charge in [-0.25, -0.2) is 8.42 Å². The molecule has 1 fully saturated rings. The van der Waals surface area contributed by atoms with Crippen molar-refractivity contribution < 1.29 is 21.6 Å². The first-order valence-corrected chi connectivity index (χ1v) is 11.7. The number of benzene rings is 3. The smallest absolute Gasteiger partial charge is 0.307 e. The van der Waals surface area contributed by atoms with Gasteiger partial charge in [-0.2, -0.15) is 22.6 Å². The summed E-state index contributed by atoms with van der Waals surface area (Å²) in [6, 6.07) is 14.7. The number of nitrogens with one attached hydrogen (secondary N) is 1. The normalized spacial score (nSPS) is 26.7. The molecule has 4 unspecified atom stereocenters. The molecule has 9 heteroatoms. The third kappa shape index (κ3) is 2.67. The second kappa shape index (κ2) is 6.55. The van der Waals surface area contributed by atoms with Gasteiger partial charge in [0.2, 0.25) is 10.0 Å². The van der Waals surface area contributed by atoms with Gasteiger partial charge in [0.05, 0.1) is 28.6 Å². The molecule has 0 radical (unpaired) electrons. The molecule has 32 heavy (non-hydrogen) atoms. The fraction of sp³-hybridized carbons (Fsp3) is 0.261. The van der Waals surface area contributed by atoms with Crippen molar-refractivity contribution in [2.45, 2.75) is 35.6 Å². The number of piperidine rings is 1. The Kier molecular flexibility index (Phi) is 4.04. The summed E-state index contributed by atoms with van der Waals surface area (Å²) in [6.07, 6.45) is -2.24. The SMILES string of the molecule is O=S(=O)(c1ccc(C(F)(F)F)cc1)N1C2CC3NN=CC3C1c1ccc3ccccc3c12. The van der Waals surface area contributed by atoms with Crippen molar-refractivity contribution in [3.63, 3.8) is 0 Å². The van der Waals surface area contributed by atoms with Crippen molar-refractivity contribution >= 4 is 27.0 Å². The highest BCUT2D eigenvalue weighted by Gasteiger charge is 2.56. The van der Waals surface area contributed by atoms with Crippen LogP contribution in [0.1, 0.15) is 35.2 Å². The van der Waals surface area contributed by atoms with Crippen molar-refractivity contribution in [2.24, 2.45) is 11.0 Å². The summed E-state index contributed by atoms with van der Waals surface area (Å²) < 4.78 is 68.1. The number of hydrazone groups is 1. The molecule has 3 aromatic carbocycles. The first-order valence-electron chi connectivity index (χ1n) is 10.3. The summed E-state index contributed by atoms with van der Waals surface area (Å²) in [4.78, 5) is -0.140. The van der Waals surface area contributed by atoms with Crippen LogP contribution < -0.4 is 5.43 Å². The van der Waals surface area contributed by atoms with Crippen LogP contribution in [0.15, 0.2) is 70.7 Å². The van der Waals surface area contributed by atoms with Crippen LogP contribution in [-0.4, -0.2) is 25.0 Å². The molecule has 5 nitrogen and oxygen atoms in total. The molecule has 2 bridgehead atoms. The van der Waals surface area contributed by atoms with Crippen LogP contribution in [0.4, 0.5) is 13.2 Å². The molecule has 3 aliphatic rings. The fourth-order valence-corrected chi connectivity index (χ4v) is 7.22. The zero-order chi connectivity index (χ0) is 22.3. The van der Waals surface area contributed by atoms with Crippen LogP contribution in [0.25, 0.3) is 10.8 Å². The van der Waals surface area contributed by atoms with Crippen molar-refractivity contribution in [1.29, 1.82) is 0 Å². The quantitative estimate of drug-likeness (QED) is 0.611. The first kappa shape index (κ1) is 19.8. The Morgan fingerprint density at radius 2 is 1.75 bits per heavy atom. The number of sulfonamides is 1. The van der Waals surface area contributed by atoms with Gasteiger partial charge in [0.15, 0.2) is 0 Å². The Labute approximate surface area is 182 Å². The standard InChI is InChI=1S/C23H18F3N3O2S/c24-23(25,26)14-6-8-15(9-7-14)32(30,31)29-20-11-19-18(12-27-28-19)22(29)17-10-5-13-3-1-2-4-16(13)21(17)20/h1-10,12,18-20,22,28H,11H2. The van der Waals surface area contributed by atoms with Gasteiger partial charge in [0, 0.05) is 12.1 Å². The second-order valence-electron chi connectivity index (χ2n) is 8.43. The van der Waals surface area contributed by atoms with E-state index in [9.17, 15) is 21.6 Å². The van der Waals surface area contributed by atoms with Gasteiger partial charge in [-0.1, -0.05) is 36.4 Å². The highest BCUT2D eigenvalue weighted by molar-refractivity contribution is 7.89. The zero-order valence-corrected chi connectivity index (χ0v) is 17.4. The number of hydrogen-bond acceptors (Lipinski definition) is 4. The van der Waals surface area contributed by atoms with E-state index in [4.69, 9.17) is 0 Å². The maximum atomic E-state index is 13.8. The molecule has 0 amide bonds. The van der Waals surface area contributed by atoms with Gasteiger partial charge in [-0.05, 0) is 52.6 Å². The molecule has 4 atom stereocenters. The molecule has 3 heterocycles. The van der Waals surface area contributed by atoms with E-state index < -0.39 is 33.8 Å². The van der Waals surface area contributed by atoms with Crippen LogP contribution in [0.5, 0.6) is 0 Å². The lowest BCUT2D eigenvalue weighted by Crippen LogP contribution is -2.47. The highest BCUT2D eigenvalue weighted by Crippen LogP contribution is 2.57. The van der Waals surface area contributed by atoms with E-state index in [1.807, 2.05) is 36.4 Å². The van der Waals surface area contributed by atoms with E-state index in [-0.39, 0.29) is 16.9 Å². The van der Waals surface area contributed by atoms with Crippen LogP contribution in [0.2, 0.25) is 0 Å². The van der Waals surface area contributed by atoms with Crippen molar-refractivity contribution in [3.8, 4) is 0 Å². The average molecular weight is 457 g/mol. The molecule has 0 aromatic heterocycles. The molecule has 6 rings (SSSR count). The molecule has 1 N–H and O–H groups in total. The molecular formula is C23H18F3N3O2S. The number of alkyl halides is 3. The Balaban J connectivity index is 1.52. The monoisotopic (exact) mass is 457 g/mol. The molecule has 3 aliphatic heterocycles. The van der Waals surface area contributed by atoms with Gasteiger partial charge in [0.1, 0.15) is 0 Å².